The zero-order valence-corrected chi connectivity index (χ0v) is 22.2. The highest BCUT2D eigenvalue weighted by Gasteiger charge is 2.49. The Bertz CT molecular complexity index is 1360. The first kappa shape index (κ1) is 32.0. The van der Waals surface area contributed by atoms with Crippen LogP contribution in [0.15, 0.2) is 23.8 Å². The number of hydrogen-bond donors (Lipinski definition) is 1. The van der Waals surface area contributed by atoms with Crippen molar-refractivity contribution in [3.63, 3.8) is 0 Å². The van der Waals surface area contributed by atoms with Crippen LogP contribution in [-0.2, 0) is 0 Å². The number of carbonyl (C=O) groups is 1. The Morgan fingerprint density at radius 1 is 1.02 bits per heavy atom. The predicted octanol–water partition coefficient (Wildman–Crippen LogP) is 6.68. The van der Waals surface area contributed by atoms with Gasteiger partial charge in [0.15, 0.2) is 6.04 Å². The minimum absolute atomic E-state index is 0.00527. The minimum Gasteiger partial charge on any atom is -0.494 e. The molecule has 8 nitrogen and oxygen atoms in total. The molecule has 0 saturated carbocycles. The topological polar surface area (TPSA) is 89.5 Å². The Balaban J connectivity index is 2.06. The van der Waals surface area contributed by atoms with E-state index in [1.54, 1.807) is 0 Å². The third kappa shape index (κ3) is 7.59. The Morgan fingerprint density at radius 2 is 1.71 bits per heavy atom. The van der Waals surface area contributed by atoms with E-state index in [0.717, 1.165) is 19.2 Å². The number of nitrogens with one attached hydrogen (secondary N) is 1. The summed E-state index contributed by atoms with van der Waals surface area (Å²) in [6, 6.07) is -5.42. The van der Waals surface area contributed by atoms with Crippen LogP contribution in [0.4, 0.5) is 44.3 Å². The molecule has 3 aromatic rings. The van der Waals surface area contributed by atoms with Gasteiger partial charge in [-0.1, -0.05) is 0 Å². The minimum atomic E-state index is -5.36. The van der Waals surface area contributed by atoms with Crippen LogP contribution in [0.25, 0.3) is 21.5 Å². The molecule has 0 fully saturated rings. The second-order valence-corrected chi connectivity index (χ2v) is 9.34. The third-order valence-corrected chi connectivity index (χ3v) is 6.55. The molecule has 0 aromatic carbocycles. The van der Waals surface area contributed by atoms with Gasteiger partial charge in [0.05, 0.1) is 42.0 Å². The number of thiazole rings is 1. The second-order valence-electron chi connectivity index (χ2n) is 8.45. The number of nitrogens with zero attached hydrogens (tertiary/aromatic N) is 4. The highest BCUT2D eigenvalue weighted by atomic mass is 32.1. The lowest BCUT2D eigenvalue weighted by atomic mass is 10.0. The number of amides is 2. The van der Waals surface area contributed by atoms with E-state index in [0.29, 0.717) is 10.2 Å². The lowest BCUT2D eigenvalue weighted by Gasteiger charge is -2.34. The molecule has 2 atom stereocenters. The summed E-state index contributed by atoms with van der Waals surface area (Å²) in [4.78, 5) is 24.9. The van der Waals surface area contributed by atoms with Crippen molar-refractivity contribution in [3.05, 3.63) is 29.5 Å². The quantitative estimate of drug-likeness (QED) is 0.269. The highest BCUT2D eigenvalue weighted by Crippen LogP contribution is 2.41. The van der Waals surface area contributed by atoms with E-state index in [9.17, 15) is 44.3 Å². The van der Waals surface area contributed by atoms with Crippen LogP contribution in [0.2, 0.25) is 0 Å². The van der Waals surface area contributed by atoms with Crippen LogP contribution in [0.3, 0.4) is 0 Å². The van der Waals surface area contributed by atoms with E-state index in [2.05, 4.69) is 15.0 Å². The van der Waals surface area contributed by atoms with Crippen molar-refractivity contribution in [2.24, 2.45) is 0 Å². The SMILES string of the molecule is CCN(C(=O)NC(CCC(F)(F)F)C(F)(F)F)C(c1cc(-c2cc3scnc3c(OC)n2)c(OC)cn1)C(F)(F)F. The average Bonchev–Trinajstić information content (AvgIpc) is 3.35. The van der Waals surface area contributed by atoms with Gasteiger partial charge >= 0.3 is 24.6 Å². The van der Waals surface area contributed by atoms with Crippen molar-refractivity contribution in [1.82, 2.24) is 25.2 Å². The normalized spacial score (nSPS) is 14.0. The van der Waals surface area contributed by atoms with Gasteiger partial charge in [-0.15, -0.1) is 11.3 Å². The molecule has 41 heavy (non-hydrogen) atoms. The maximum absolute atomic E-state index is 14.4. The molecule has 0 saturated heterocycles. The van der Waals surface area contributed by atoms with Gasteiger partial charge < -0.3 is 19.7 Å². The average molecular weight is 620 g/mol. The maximum Gasteiger partial charge on any atom is 0.414 e. The fourth-order valence-corrected chi connectivity index (χ4v) is 4.60. The van der Waals surface area contributed by atoms with E-state index in [4.69, 9.17) is 9.47 Å². The number of pyridine rings is 2. The molecule has 0 bridgehead atoms. The van der Waals surface area contributed by atoms with Crippen LogP contribution in [0.5, 0.6) is 11.6 Å². The smallest absolute Gasteiger partial charge is 0.414 e. The van der Waals surface area contributed by atoms with Gasteiger partial charge in [-0.3, -0.25) is 4.98 Å². The van der Waals surface area contributed by atoms with Crippen LogP contribution < -0.4 is 14.8 Å². The largest absolute Gasteiger partial charge is 0.494 e. The lowest BCUT2D eigenvalue weighted by Crippen LogP contribution is -2.53. The highest BCUT2D eigenvalue weighted by molar-refractivity contribution is 7.16. The predicted molar refractivity (Wildman–Crippen MR) is 129 cm³/mol. The van der Waals surface area contributed by atoms with Crippen molar-refractivity contribution < 1.29 is 53.8 Å². The third-order valence-electron chi connectivity index (χ3n) is 5.78. The van der Waals surface area contributed by atoms with E-state index >= 15 is 0 Å². The monoisotopic (exact) mass is 619 g/mol. The fraction of sp³-hybridized carbons (Fsp3) is 0.478. The molecule has 2 unspecified atom stereocenters. The van der Waals surface area contributed by atoms with E-state index in [-0.39, 0.29) is 27.8 Å². The van der Waals surface area contributed by atoms with E-state index in [1.807, 2.05) is 0 Å². The van der Waals surface area contributed by atoms with Gasteiger partial charge in [-0.05, 0) is 25.5 Å². The molecule has 0 spiro atoms. The van der Waals surface area contributed by atoms with Crippen LogP contribution in [0.1, 0.15) is 31.5 Å². The molecule has 0 aliphatic heterocycles. The number of halogens is 9. The summed E-state index contributed by atoms with van der Waals surface area (Å²) >= 11 is 1.19. The number of aromatic nitrogens is 3. The van der Waals surface area contributed by atoms with Gasteiger partial charge in [0.2, 0.25) is 5.88 Å². The standard InChI is InChI=1S/C23H22F9N5O3S/c1-4-37(20(38)36-16(22(27,28)29)5-6-21(24,25)26)18(23(30,31)32)13-7-11(14(39-2)9-33-13)12-8-15-17(34-10-41-15)19(35-12)40-3/h7-10,16,18H,4-6H2,1-3H3,(H,36,38). The maximum atomic E-state index is 14.4. The molecular formula is C23H22F9N5O3S. The number of alkyl halides is 9. The molecule has 0 aliphatic carbocycles. The van der Waals surface area contributed by atoms with Gasteiger partial charge in [0.1, 0.15) is 17.3 Å². The second kappa shape index (κ2) is 12.1. The van der Waals surface area contributed by atoms with Crippen molar-refractivity contribution in [3.8, 4) is 22.9 Å². The van der Waals surface area contributed by atoms with Crippen LogP contribution in [0, 0.1) is 0 Å². The zero-order valence-electron chi connectivity index (χ0n) is 21.4. The molecule has 0 radical (unpaired) electrons. The van der Waals surface area contributed by atoms with E-state index in [1.165, 1.54) is 42.5 Å². The first-order valence-electron chi connectivity index (χ1n) is 11.6. The summed E-state index contributed by atoms with van der Waals surface area (Å²) in [6.45, 7) is 0.285. The molecule has 3 rings (SSSR count). The summed E-state index contributed by atoms with van der Waals surface area (Å²) < 4.78 is 132. The Hall–Kier alpha value is -3.57. The first-order chi connectivity index (χ1) is 19.0. The zero-order chi connectivity index (χ0) is 30.8. The number of methoxy groups -OCH3 is 2. The van der Waals surface area contributed by atoms with Gasteiger partial charge in [-0.2, -0.15) is 39.5 Å². The number of ether oxygens (including phenoxy) is 2. The summed E-state index contributed by atoms with van der Waals surface area (Å²) in [6.07, 6.45) is -18.2. The van der Waals surface area contributed by atoms with Crippen molar-refractivity contribution in [2.75, 3.05) is 20.8 Å². The molecule has 3 aromatic heterocycles. The molecule has 3 heterocycles. The summed E-state index contributed by atoms with van der Waals surface area (Å²) in [5.41, 5.74) is 1.14. The number of rotatable bonds is 9. The molecular weight excluding hydrogens is 597 g/mol. The molecule has 226 valence electrons. The fourth-order valence-electron chi connectivity index (χ4n) is 3.89. The number of carbonyl (C=O) groups excluding carboxylic acids is 1. The van der Waals surface area contributed by atoms with Crippen LogP contribution in [-0.4, -0.2) is 71.2 Å². The molecule has 0 aliphatic rings. The Labute approximate surface area is 230 Å². The summed E-state index contributed by atoms with van der Waals surface area (Å²) in [5.74, 6) is 0.0306. The Morgan fingerprint density at radius 3 is 2.24 bits per heavy atom. The number of urea groups is 1. The van der Waals surface area contributed by atoms with Crippen molar-refractivity contribution in [1.29, 1.82) is 0 Å². The molecule has 2 amide bonds. The van der Waals surface area contributed by atoms with Gasteiger partial charge in [0.25, 0.3) is 0 Å². The van der Waals surface area contributed by atoms with Crippen LogP contribution >= 0.6 is 11.3 Å². The van der Waals surface area contributed by atoms with Crippen molar-refractivity contribution >= 4 is 27.6 Å². The number of hydrogen-bond acceptors (Lipinski definition) is 7. The van der Waals surface area contributed by atoms with E-state index < -0.39 is 61.7 Å². The molecule has 1 N–H and O–H groups in total. The Kier molecular flexibility index (Phi) is 9.44. The number of fused-ring (bicyclic) bond motifs is 1. The first-order valence-corrected chi connectivity index (χ1v) is 12.5. The summed E-state index contributed by atoms with van der Waals surface area (Å²) in [5, 5.41) is 1.28. The lowest BCUT2D eigenvalue weighted by molar-refractivity contribution is -0.182. The van der Waals surface area contributed by atoms with Gasteiger partial charge in [0, 0.05) is 18.5 Å². The summed E-state index contributed by atoms with van der Waals surface area (Å²) in [7, 11) is 2.52. The van der Waals surface area contributed by atoms with Gasteiger partial charge in [-0.25, -0.2) is 14.8 Å². The molecule has 18 heteroatoms. The van der Waals surface area contributed by atoms with Crippen molar-refractivity contribution in [2.45, 2.75) is 50.4 Å².